The lowest BCUT2D eigenvalue weighted by Gasteiger charge is -2.08. The summed E-state index contributed by atoms with van der Waals surface area (Å²) < 4.78 is 0. The van der Waals surface area contributed by atoms with Crippen LogP contribution in [0.15, 0.2) is 47.4 Å². The summed E-state index contributed by atoms with van der Waals surface area (Å²) in [6.45, 7) is 4.11. The number of rotatable bonds is 5. The third-order valence-corrected chi connectivity index (χ3v) is 4.28. The van der Waals surface area contributed by atoms with Crippen molar-refractivity contribution in [2.45, 2.75) is 25.3 Å². The van der Waals surface area contributed by atoms with E-state index in [4.69, 9.17) is 5.11 Å². The predicted molar refractivity (Wildman–Crippen MR) is 87.6 cm³/mol. The van der Waals surface area contributed by atoms with Gasteiger partial charge in [-0.15, -0.1) is 11.8 Å². The van der Waals surface area contributed by atoms with Crippen molar-refractivity contribution in [1.29, 1.82) is 0 Å². The minimum Gasteiger partial charge on any atom is -0.392 e. The molecule has 0 saturated heterocycles. The van der Waals surface area contributed by atoms with Gasteiger partial charge in [-0.05, 0) is 43.2 Å². The monoisotopic (exact) mass is 301 g/mol. The molecule has 0 spiro atoms. The van der Waals surface area contributed by atoms with Crippen molar-refractivity contribution >= 4 is 23.4 Å². The highest BCUT2D eigenvalue weighted by Crippen LogP contribution is 2.23. The van der Waals surface area contributed by atoms with Gasteiger partial charge in [-0.25, -0.2) is 0 Å². The first kappa shape index (κ1) is 15.6. The van der Waals surface area contributed by atoms with Crippen LogP contribution in [-0.2, 0) is 11.4 Å². The zero-order valence-electron chi connectivity index (χ0n) is 12.2. The fourth-order valence-electron chi connectivity index (χ4n) is 1.90. The maximum atomic E-state index is 12.0. The van der Waals surface area contributed by atoms with Crippen LogP contribution in [0.25, 0.3) is 0 Å². The number of aliphatic hydroxyl groups excluding tert-OH is 1. The second kappa shape index (κ2) is 7.29. The fourth-order valence-corrected chi connectivity index (χ4v) is 2.82. The maximum absolute atomic E-state index is 12.0. The third kappa shape index (κ3) is 4.62. The van der Waals surface area contributed by atoms with E-state index in [1.807, 2.05) is 13.8 Å². The molecule has 0 saturated carbocycles. The summed E-state index contributed by atoms with van der Waals surface area (Å²) in [5, 5.41) is 11.8. The van der Waals surface area contributed by atoms with Gasteiger partial charge in [-0.2, -0.15) is 0 Å². The van der Waals surface area contributed by atoms with Crippen molar-refractivity contribution in [2.24, 2.45) is 0 Å². The number of hydrogen-bond acceptors (Lipinski definition) is 3. The average Bonchev–Trinajstić information content (AvgIpc) is 2.49. The molecule has 0 fully saturated rings. The van der Waals surface area contributed by atoms with Crippen LogP contribution >= 0.6 is 11.8 Å². The van der Waals surface area contributed by atoms with Crippen LogP contribution < -0.4 is 5.32 Å². The summed E-state index contributed by atoms with van der Waals surface area (Å²) in [6.07, 6.45) is 0. The molecular formula is C17H19NO2S. The van der Waals surface area contributed by atoms with Crippen molar-refractivity contribution in [3.8, 4) is 0 Å². The summed E-state index contributed by atoms with van der Waals surface area (Å²) >= 11 is 1.54. The summed E-state index contributed by atoms with van der Waals surface area (Å²) in [5.74, 6) is 0.351. The van der Waals surface area contributed by atoms with E-state index in [1.54, 1.807) is 36.0 Å². The van der Waals surface area contributed by atoms with Crippen molar-refractivity contribution in [1.82, 2.24) is 0 Å². The van der Waals surface area contributed by atoms with Crippen LogP contribution in [0.2, 0.25) is 0 Å². The Kier molecular flexibility index (Phi) is 5.42. The molecule has 1 amide bonds. The lowest BCUT2D eigenvalue weighted by molar-refractivity contribution is -0.113. The minimum absolute atomic E-state index is 0.0106. The number of anilines is 1. The molecule has 2 rings (SSSR count). The van der Waals surface area contributed by atoms with E-state index in [9.17, 15) is 4.79 Å². The molecule has 0 aliphatic heterocycles. The van der Waals surface area contributed by atoms with Crippen molar-refractivity contribution in [2.75, 3.05) is 11.1 Å². The maximum Gasteiger partial charge on any atom is 0.234 e. The van der Waals surface area contributed by atoms with Crippen molar-refractivity contribution < 1.29 is 9.90 Å². The molecule has 4 heteroatoms. The molecule has 2 aromatic carbocycles. The largest absolute Gasteiger partial charge is 0.392 e. The molecule has 0 aliphatic carbocycles. The van der Waals surface area contributed by atoms with E-state index >= 15 is 0 Å². The summed E-state index contributed by atoms with van der Waals surface area (Å²) in [4.78, 5) is 13.1. The Morgan fingerprint density at radius 2 is 1.86 bits per heavy atom. The quantitative estimate of drug-likeness (QED) is 0.831. The van der Waals surface area contributed by atoms with Gasteiger partial charge in [0.05, 0.1) is 12.4 Å². The molecule has 2 N–H and O–H groups in total. The molecule has 0 aliphatic rings. The molecule has 0 atom stereocenters. The van der Waals surface area contributed by atoms with Crippen LogP contribution in [0.5, 0.6) is 0 Å². The van der Waals surface area contributed by atoms with E-state index in [-0.39, 0.29) is 12.5 Å². The first-order chi connectivity index (χ1) is 10.1. The van der Waals surface area contributed by atoms with Crippen LogP contribution in [0.1, 0.15) is 16.7 Å². The Labute approximate surface area is 129 Å². The molecule has 110 valence electrons. The van der Waals surface area contributed by atoms with Gasteiger partial charge in [0, 0.05) is 10.6 Å². The number of thioether (sulfide) groups is 1. The number of carbonyl (C=O) groups is 1. The molecule has 3 nitrogen and oxygen atoms in total. The van der Waals surface area contributed by atoms with E-state index in [0.717, 1.165) is 16.1 Å². The number of benzene rings is 2. The zero-order chi connectivity index (χ0) is 15.2. The molecule has 0 heterocycles. The van der Waals surface area contributed by atoms with Gasteiger partial charge in [0.15, 0.2) is 0 Å². The topological polar surface area (TPSA) is 49.3 Å². The van der Waals surface area contributed by atoms with Crippen LogP contribution in [0, 0.1) is 13.8 Å². The van der Waals surface area contributed by atoms with E-state index in [1.165, 1.54) is 11.1 Å². The standard InChI is InChI=1S/C17H19NO2S/c1-12-3-4-13(2)16(9-12)21-11-17(20)18-15-7-5-14(10-19)6-8-15/h3-9,19H,10-11H2,1-2H3,(H,18,20). The number of nitrogens with one attached hydrogen (secondary N) is 1. The fraction of sp³-hybridized carbons (Fsp3) is 0.235. The summed E-state index contributed by atoms with van der Waals surface area (Å²) in [7, 11) is 0. The minimum atomic E-state index is -0.0299. The molecule has 0 bridgehead atoms. The summed E-state index contributed by atoms with van der Waals surface area (Å²) in [5.41, 5.74) is 3.96. The first-order valence-corrected chi connectivity index (χ1v) is 7.77. The molecule has 21 heavy (non-hydrogen) atoms. The number of amides is 1. The Morgan fingerprint density at radius 1 is 1.14 bits per heavy atom. The van der Waals surface area contributed by atoms with Gasteiger partial charge in [0.2, 0.25) is 5.91 Å². The smallest absolute Gasteiger partial charge is 0.234 e. The Morgan fingerprint density at radius 3 is 2.52 bits per heavy atom. The normalized spacial score (nSPS) is 10.4. The third-order valence-electron chi connectivity index (χ3n) is 3.12. The number of carbonyl (C=O) groups excluding carboxylic acids is 1. The zero-order valence-corrected chi connectivity index (χ0v) is 13.0. The summed E-state index contributed by atoms with van der Waals surface area (Å²) in [6, 6.07) is 13.4. The molecule has 0 aromatic heterocycles. The second-order valence-corrected chi connectivity index (χ2v) is 5.98. The van der Waals surface area contributed by atoms with Crippen LogP contribution in [0.4, 0.5) is 5.69 Å². The predicted octanol–water partition coefficient (Wildman–Crippen LogP) is 3.53. The van der Waals surface area contributed by atoms with Gasteiger partial charge < -0.3 is 10.4 Å². The lowest BCUT2D eigenvalue weighted by Crippen LogP contribution is -2.14. The molecular weight excluding hydrogens is 282 g/mol. The number of aliphatic hydroxyl groups is 1. The van der Waals surface area contributed by atoms with Crippen molar-refractivity contribution in [3.05, 3.63) is 59.2 Å². The van der Waals surface area contributed by atoms with Gasteiger partial charge in [0.1, 0.15) is 0 Å². The van der Waals surface area contributed by atoms with Crippen LogP contribution in [-0.4, -0.2) is 16.8 Å². The average molecular weight is 301 g/mol. The molecule has 0 unspecified atom stereocenters. The Hall–Kier alpha value is -1.78. The Balaban J connectivity index is 1.91. The number of hydrogen-bond donors (Lipinski definition) is 2. The first-order valence-electron chi connectivity index (χ1n) is 6.78. The van der Waals surface area contributed by atoms with E-state index in [2.05, 4.69) is 23.5 Å². The SMILES string of the molecule is Cc1ccc(C)c(SCC(=O)Nc2ccc(CO)cc2)c1. The van der Waals surface area contributed by atoms with Gasteiger partial charge in [-0.1, -0.05) is 29.8 Å². The molecule has 2 aromatic rings. The Bertz CT molecular complexity index is 623. The highest BCUT2D eigenvalue weighted by atomic mass is 32.2. The van der Waals surface area contributed by atoms with Crippen molar-refractivity contribution in [3.63, 3.8) is 0 Å². The van der Waals surface area contributed by atoms with Gasteiger partial charge in [0.25, 0.3) is 0 Å². The van der Waals surface area contributed by atoms with Crippen LogP contribution in [0.3, 0.4) is 0 Å². The second-order valence-electron chi connectivity index (χ2n) is 4.96. The van der Waals surface area contributed by atoms with Gasteiger partial charge >= 0.3 is 0 Å². The highest BCUT2D eigenvalue weighted by Gasteiger charge is 2.06. The van der Waals surface area contributed by atoms with E-state index < -0.39 is 0 Å². The number of aryl methyl sites for hydroxylation is 2. The highest BCUT2D eigenvalue weighted by molar-refractivity contribution is 8.00. The lowest BCUT2D eigenvalue weighted by atomic mass is 10.2. The van der Waals surface area contributed by atoms with Gasteiger partial charge in [-0.3, -0.25) is 4.79 Å². The molecule has 0 radical (unpaired) electrons. The van der Waals surface area contributed by atoms with E-state index in [0.29, 0.717) is 5.75 Å².